The minimum absolute atomic E-state index is 0.0302. The number of amides is 3. The molecule has 2 aliphatic rings. The van der Waals surface area contributed by atoms with Crippen molar-refractivity contribution < 1.29 is 14.4 Å². The maximum atomic E-state index is 13.9. The third kappa shape index (κ3) is 5.86. The van der Waals surface area contributed by atoms with E-state index in [2.05, 4.69) is 16.0 Å². The molecule has 2 aliphatic heterocycles. The Labute approximate surface area is 219 Å². The predicted molar refractivity (Wildman–Crippen MR) is 143 cm³/mol. The van der Waals surface area contributed by atoms with Gasteiger partial charge in [-0.25, -0.2) is 0 Å². The minimum atomic E-state index is -0.739. The quantitative estimate of drug-likeness (QED) is 0.417. The fourth-order valence-corrected chi connectivity index (χ4v) is 5.79. The summed E-state index contributed by atoms with van der Waals surface area (Å²) in [5.41, 5.74) is 8.02. The van der Waals surface area contributed by atoms with Gasteiger partial charge >= 0.3 is 0 Å². The first-order valence-electron chi connectivity index (χ1n) is 13.4. The number of carbonyl (C=O) groups excluding carboxylic acids is 3. The molecule has 0 aliphatic carbocycles. The van der Waals surface area contributed by atoms with Crippen LogP contribution in [-0.2, 0) is 14.4 Å². The van der Waals surface area contributed by atoms with Crippen molar-refractivity contribution in [3.05, 3.63) is 71.8 Å². The van der Waals surface area contributed by atoms with E-state index in [1.807, 2.05) is 67.6 Å². The van der Waals surface area contributed by atoms with Gasteiger partial charge in [-0.15, -0.1) is 0 Å². The highest BCUT2D eigenvalue weighted by atomic mass is 16.2. The van der Waals surface area contributed by atoms with Gasteiger partial charge in [0.15, 0.2) is 0 Å². The maximum Gasteiger partial charge on any atom is 0.246 e. The molecule has 0 saturated carbocycles. The molecule has 5 N–H and O–H groups in total. The van der Waals surface area contributed by atoms with E-state index in [0.717, 1.165) is 30.4 Å². The summed E-state index contributed by atoms with van der Waals surface area (Å²) in [5.74, 6) is -0.757. The van der Waals surface area contributed by atoms with Crippen LogP contribution in [0.25, 0.3) is 0 Å². The van der Waals surface area contributed by atoms with Gasteiger partial charge in [0.05, 0.1) is 12.1 Å². The van der Waals surface area contributed by atoms with Crippen molar-refractivity contribution in [1.82, 2.24) is 20.9 Å². The van der Waals surface area contributed by atoms with E-state index in [0.29, 0.717) is 19.4 Å². The van der Waals surface area contributed by atoms with E-state index in [-0.39, 0.29) is 41.8 Å². The van der Waals surface area contributed by atoms with E-state index in [1.54, 1.807) is 11.9 Å². The highest BCUT2D eigenvalue weighted by Crippen LogP contribution is 2.34. The Bertz CT molecular complexity index is 1020. The van der Waals surface area contributed by atoms with Gasteiger partial charge < -0.3 is 26.6 Å². The SMILES string of the molecule is CC[C@H](NC)C(=O)N[C@@H]1C(=O)N2[C@@H](CCC1CN)CC[C@H]2C(=O)NC(c1ccccc1)c1ccccc1. The topological polar surface area (TPSA) is 117 Å². The van der Waals surface area contributed by atoms with Gasteiger partial charge in [0.1, 0.15) is 12.1 Å². The van der Waals surface area contributed by atoms with Crippen LogP contribution in [0.1, 0.15) is 56.2 Å². The number of fused-ring (bicyclic) bond motifs is 1. The number of nitrogens with two attached hydrogens (primary N) is 1. The fraction of sp³-hybridized carbons (Fsp3) is 0.483. The number of hydrogen-bond acceptors (Lipinski definition) is 5. The van der Waals surface area contributed by atoms with Gasteiger partial charge in [0.2, 0.25) is 17.7 Å². The Balaban J connectivity index is 1.58. The second kappa shape index (κ2) is 12.3. The summed E-state index contributed by atoms with van der Waals surface area (Å²) in [6, 6.07) is 17.6. The number of benzene rings is 2. The Kier molecular flexibility index (Phi) is 8.95. The normalized spacial score (nSPS) is 24.3. The molecule has 37 heavy (non-hydrogen) atoms. The van der Waals surface area contributed by atoms with Crippen molar-refractivity contribution in [2.75, 3.05) is 13.6 Å². The lowest BCUT2D eigenvalue weighted by Gasteiger charge is -2.33. The lowest BCUT2D eigenvalue weighted by molar-refractivity contribution is -0.143. The average Bonchev–Trinajstić information content (AvgIpc) is 3.31. The molecule has 198 valence electrons. The first-order chi connectivity index (χ1) is 18.0. The van der Waals surface area contributed by atoms with Crippen LogP contribution >= 0.6 is 0 Å². The smallest absolute Gasteiger partial charge is 0.246 e. The van der Waals surface area contributed by atoms with Crippen molar-refractivity contribution in [3.8, 4) is 0 Å². The van der Waals surface area contributed by atoms with E-state index < -0.39 is 12.1 Å². The second-order valence-electron chi connectivity index (χ2n) is 10.1. The van der Waals surface area contributed by atoms with E-state index in [1.165, 1.54) is 0 Å². The number of hydrogen-bond donors (Lipinski definition) is 4. The monoisotopic (exact) mass is 505 g/mol. The number of nitrogens with one attached hydrogen (secondary N) is 3. The summed E-state index contributed by atoms with van der Waals surface area (Å²) in [5, 5.41) is 9.20. The molecule has 2 fully saturated rings. The van der Waals surface area contributed by atoms with Crippen molar-refractivity contribution in [2.45, 2.75) is 69.2 Å². The van der Waals surface area contributed by atoms with Crippen LogP contribution in [0.15, 0.2) is 60.7 Å². The van der Waals surface area contributed by atoms with Crippen LogP contribution in [0.4, 0.5) is 0 Å². The summed E-state index contributed by atoms with van der Waals surface area (Å²) in [6.07, 6.45) is 3.47. The third-order valence-corrected chi connectivity index (χ3v) is 7.89. The zero-order valence-electron chi connectivity index (χ0n) is 21.7. The summed E-state index contributed by atoms with van der Waals surface area (Å²) in [6.45, 7) is 2.22. The third-order valence-electron chi connectivity index (χ3n) is 7.89. The largest absolute Gasteiger partial charge is 0.343 e. The first kappa shape index (κ1) is 26.8. The van der Waals surface area contributed by atoms with Crippen molar-refractivity contribution in [3.63, 3.8) is 0 Å². The molecule has 3 amide bonds. The predicted octanol–water partition coefficient (Wildman–Crippen LogP) is 2.10. The summed E-state index contributed by atoms with van der Waals surface area (Å²) < 4.78 is 0. The standard InChI is InChI=1S/C29H39N5O3/c1-3-23(31-2)27(35)33-26-21(18-30)14-15-22-16-17-24(34(22)29(26)37)28(36)32-25(19-10-6-4-7-11-19)20-12-8-5-9-13-20/h4-13,21-26,31H,3,14-18,30H2,1-2H3,(H,32,36)(H,33,35)/t21?,22-,23-,24-,26-/m0/s1. The molecule has 1 unspecified atom stereocenters. The molecule has 5 atom stereocenters. The van der Waals surface area contributed by atoms with Crippen LogP contribution in [0, 0.1) is 5.92 Å². The van der Waals surface area contributed by atoms with Crippen LogP contribution in [0.5, 0.6) is 0 Å². The fourth-order valence-electron chi connectivity index (χ4n) is 5.79. The van der Waals surface area contributed by atoms with E-state index in [9.17, 15) is 14.4 Å². The Morgan fingerprint density at radius 1 is 0.973 bits per heavy atom. The zero-order valence-corrected chi connectivity index (χ0v) is 21.7. The molecule has 4 rings (SSSR count). The lowest BCUT2D eigenvalue weighted by atomic mass is 9.93. The highest BCUT2D eigenvalue weighted by molar-refractivity contribution is 5.94. The van der Waals surface area contributed by atoms with E-state index >= 15 is 0 Å². The summed E-state index contributed by atoms with van der Waals surface area (Å²) in [7, 11) is 1.73. The Morgan fingerprint density at radius 2 is 1.57 bits per heavy atom. The Hall–Kier alpha value is -3.23. The maximum absolute atomic E-state index is 13.9. The van der Waals surface area contributed by atoms with Crippen molar-refractivity contribution in [1.29, 1.82) is 0 Å². The highest BCUT2D eigenvalue weighted by Gasteiger charge is 2.47. The van der Waals surface area contributed by atoms with Gasteiger partial charge in [0.25, 0.3) is 0 Å². The lowest BCUT2D eigenvalue weighted by Crippen LogP contribution is -2.59. The van der Waals surface area contributed by atoms with Gasteiger partial charge in [-0.2, -0.15) is 0 Å². The number of nitrogens with zero attached hydrogens (tertiary/aromatic N) is 1. The molecule has 0 bridgehead atoms. The summed E-state index contributed by atoms with van der Waals surface area (Å²) >= 11 is 0. The van der Waals surface area contributed by atoms with Gasteiger partial charge in [-0.1, -0.05) is 67.6 Å². The average molecular weight is 506 g/mol. The van der Waals surface area contributed by atoms with Gasteiger partial charge in [-0.05, 0) is 56.8 Å². The molecular weight excluding hydrogens is 466 g/mol. The summed E-state index contributed by atoms with van der Waals surface area (Å²) in [4.78, 5) is 42.3. The van der Waals surface area contributed by atoms with Gasteiger partial charge in [-0.3, -0.25) is 14.4 Å². The molecule has 2 saturated heterocycles. The Morgan fingerprint density at radius 3 is 2.11 bits per heavy atom. The number of carbonyl (C=O) groups is 3. The molecule has 2 heterocycles. The minimum Gasteiger partial charge on any atom is -0.343 e. The second-order valence-corrected chi connectivity index (χ2v) is 10.1. The number of likely N-dealkylation sites (N-methyl/N-ethyl adjacent to an activating group) is 1. The van der Waals surface area contributed by atoms with Crippen LogP contribution in [0.2, 0.25) is 0 Å². The van der Waals surface area contributed by atoms with Crippen molar-refractivity contribution >= 4 is 17.7 Å². The van der Waals surface area contributed by atoms with Crippen LogP contribution < -0.4 is 21.7 Å². The molecular formula is C29H39N5O3. The molecule has 2 aromatic rings. The van der Waals surface area contributed by atoms with Gasteiger partial charge in [0, 0.05) is 12.0 Å². The molecule has 0 spiro atoms. The number of rotatable bonds is 9. The first-order valence-corrected chi connectivity index (χ1v) is 13.4. The molecule has 8 heteroatoms. The van der Waals surface area contributed by atoms with Crippen LogP contribution in [-0.4, -0.2) is 60.4 Å². The van der Waals surface area contributed by atoms with Crippen molar-refractivity contribution in [2.24, 2.45) is 11.7 Å². The molecule has 8 nitrogen and oxygen atoms in total. The van der Waals surface area contributed by atoms with E-state index in [4.69, 9.17) is 5.73 Å². The molecule has 2 aromatic carbocycles. The molecule has 0 radical (unpaired) electrons. The zero-order chi connectivity index (χ0) is 26.4. The van der Waals surface area contributed by atoms with Crippen LogP contribution in [0.3, 0.4) is 0 Å². The molecule has 0 aromatic heterocycles.